The molecule has 0 atom stereocenters. The standard InChI is InChI=1S/C11H11BrO3/c1-7(13)9-3-4-10(6-12)11(5-9)15-8(2)14/h3-5H,6H2,1-2H3. The number of hydrogen-bond donors (Lipinski definition) is 0. The van der Waals surface area contributed by atoms with Gasteiger partial charge in [0.2, 0.25) is 0 Å². The lowest BCUT2D eigenvalue weighted by Crippen LogP contribution is -2.05. The van der Waals surface area contributed by atoms with E-state index in [4.69, 9.17) is 4.74 Å². The lowest BCUT2D eigenvalue weighted by atomic mass is 10.1. The fourth-order valence-corrected chi connectivity index (χ4v) is 1.60. The molecule has 0 aliphatic carbocycles. The lowest BCUT2D eigenvalue weighted by Gasteiger charge is -2.07. The highest BCUT2D eigenvalue weighted by Crippen LogP contribution is 2.23. The van der Waals surface area contributed by atoms with Crippen LogP contribution >= 0.6 is 15.9 Å². The molecule has 1 aromatic carbocycles. The van der Waals surface area contributed by atoms with E-state index >= 15 is 0 Å². The Hall–Kier alpha value is -1.16. The van der Waals surface area contributed by atoms with Gasteiger partial charge in [-0.15, -0.1) is 0 Å². The van der Waals surface area contributed by atoms with E-state index in [1.54, 1.807) is 18.2 Å². The first-order chi connectivity index (χ1) is 7.04. The first-order valence-corrected chi connectivity index (χ1v) is 5.55. The summed E-state index contributed by atoms with van der Waals surface area (Å²) < 4.78 is 5.01. The number of halogens is 1. The Balaban J connectivity index is 3.12. The largest absolute Gasteiger partial charge is 0.426 e. The van der Waals surface area contributed by atoms with Crippen molar-refractivity contribution >= 4 is 27.7 Å². The molecular weight excluding hydrogens is 260 g/mol. The number of alkyl halides is 1. The molecule has 80 valence electrons. The van der Waals surface area contributed by atoms with Crippen molar-refractivity contribution in [1.82, 2.24) is 0 Å². The van der Waals surface area contributed by atoms with Crippen molar-refractivity contribution in [2.75, 3.05) is 0 Å². The topological polar surface area (TPSA) is 43.4 Å². The van der Waals surface area contributed by atoms with Gasteiger partial charge in [-0.2, -0.15) is 0 Å². The van der Waals surface area contributed by atoms with Gasteiger partial charge in [-0.3, -0.25) is 9.59 Å². The molecule has 0 amide bonds. The Labute approximate surface area is 96.6 Å². The molecule has 1 rings (SSSR count). The minimum atomic E-state index is -0.391. The average Bonchev–Trinajstić information content (AvgIpc) is 2.16. The van der Waals surface area contributed by atoms with E-state index in [2.05, 4.69) is 15.9 Å². The summed E-state index contributed by atoms with van der Waals surface area (Å²) in [5.74, 6) is -0.00509. The molecule has 0 unspecified atom stereocenters. The Morgan fingerprint density at radius 1 is 1.33 bits per heavy atom. The maximum Gasteiger partial charge on any atom is 0.308 e. The van der Waals surface area contributed by atoms with Crippen molar-refractivity contribution in [2.24, 2.45) is 0 Å². The van der Waals surface area contributed by atoms with E-state index in [0.717, 1.165) is 5.56 Å². The van der Waals surface area contributed by atoms with Crippen LogP contribution in [0.4, 0.5) is 0 Å². The number of esters is 1. The summed E-state index contributed by atoms with van der Waals surface area (Å²) in [6.07, 6.45) is 0. The summed E-state index contributed by atoms with van der Waals surface area (Å²) >= 11 is 3.28. The van der Waals surface area contributed by atoms with Crippen LogP contribution < -0.4 is 4.74 Å². The van der Waals surface area contributed by atoms with Crippen LogP contribution in [0.15, 0.2) is 18.2 Å². The lowest BCUT2D eigenvalue weighted by molar-refractivity contribution is -0.131. The number of ketones is 1. The molecule has 0 aromatic heterocycles. The molecule has 0 radical (unpaired) electrons. The Bertz CT molecular complexity index is 399. The van der Waals surface area contributed by atoms with Crippen molar-refractivity contribution in [3.8, 4) is 5.75 Å². The van der Waals surface area contributed by atoms with Gasteiger partial charge in [0.1, 0.15) is 5.75 Å². The van der Waals surface area contributed by atoms with Crippen molar-refractivity contribution in [3.05, 3.63) is 29.3 Å². The molecule has 0 saturated heterocycles. The third-order valence-corrected chi connectivity index (χ3v) is 2.48. The van der Waals surface area contributed by atoms with Crippen LogP contribution in [0, 0.1) is 0 Å². The maximum absolute atomic E-state index is 11.1. The maximum atomic E-state index is 11.1. The van der Waals surface area contributed by atoms with Gasteiger partial charge in [-0.05, 0) is 13.0 Å². The number of carbonyl (C=O) groups is 2. The van der Waals surface area contributed by atoms with E-state index in [-0.39, 0.29) is 5.78 Å². The Kier molecular flexibility index (Phi) is 4.03. The van der Waals surface area contributed by atoms with E-state index < -0.39 is 5.97 Å². The predicted octanol–water partition coefficient (Wildman–Crippen LogP) is 2.71. The van der Waals surface area contributed by atoms with Gasteiger partial charge in [0, 0.05) is 23.4 Å². The van der Waals surface area contributed by atoms with Gasteiger partial charge < -0.3 is 4.74 Å². The molecule has 0 spiro atoms. The second kappa shape index (κ2) is 5.07. The van der Waals surface area contributed by atoms with Gasteiger partial charge in [0.25, 0.3) is 0 Å². The van der Waals surface area contributed by atoms with Crippen LogP contribution in [-0.4, -0.2) is 11.8 Å². The molecule has 1 aromatic rings. The van der Waals surface area contributed by atoms with Crippen LogP contribution in [0.25, 0.3) is 0 Å². The summed E-state index contributed by atoms with van der Waals surface area (Å²) in [7, 11) is 0. The van der Waals surface area contributed by atoms with Crippen LogP contribution in [-0.2, 0) is 10.1 Å². The zero-order chi connectivity index (χ0) is 11.4. The smallest absolute Gasteiger partial charge is 0.308 e. The fourth-order valence-electron chi connectivity index (χ4n) is 1.13. The van der Waals surface area contributed by atoms with E-state index in [9.17, 15) is 9.59 Å². The fraction of sp³-hybridized carbons (Fsp3) is 0.273. The van der Waals surface area contributed by atoms with Crippen molar-refractivity contribution in [1.29, 1.82) is 0 Å². The zero-order valence-electron chi connectivity index (χ0n) is 8.54. The van der Waals surface area contributed by atoms with Crippen LogP contribution in [0.3, 0.4) is 0 Å². The van der Waals surface area contributed by atoms with Gasteiger partial charge in [0.15, 0.2) is 5.78 Å². The molecule has 3 nitrogen and oxygen atoms in total. The van der Waals surface area contributed by atoms with Gasteiger partial charge in [-0.1, -0.05) is 28.1 Å². The minimum Gasteiger partial charge on any atom is -0.426 e. The normalized spacial score (nSPS) is 9.80. The van der Waals surface area contributed by atoms with E-state index in [1.807, 2.05) is 0 Å². The van der Waals surface area contributed by atoms with Gasteiger partial charge in [-0.25, -0.2) is 0 Å². The number of hydrogen-bond acceptors (Lipinski definition) is 3. The van der Waals surface area contributed by atoms with Crippen LogP contribution in [0.1, 0.15) is 29.8 Å². The molecule has 0 N–H and O–H groups in total. The van der Waals surface area contributed by atoms with Gasteiger partial charge >= 0.3 is 5.97 Å². The number of Topliss-reactive ketones (excluding diaryl/α,β-unsaturated/α-hetero) is 1. The molecule has 0 aliphatic rings. The van der Waals surface area contributed by atoms with Crippen molar-refractivity contribution in [2.45, 2.75) is 19.2 Å². The second-order valence-electron chi connectivity index (χ2n) is 3.11. The summed E-state index contributed by atoms with van der Waals surface area (Å²) in [6.45, 7) is 2.80. The third-order valence-electron chi connectivity index (χ3n) is 1.87. The molecule has 0 bridgehead atoms. The highest BCUT2D eigenvalue weighted by molar-refractivity contribution is 9.08. The monoisotopic (exact) mass is 270 g/mol. The van der Waals surface area contributed by atoms with Crippen molar-refractivity contribution in [3.63, 3.8) is 0 Å². The highest BCUT2D eigenvalue weighted by atomic mass is 79.9. The predicted molar refractivity (Wildman–Crippen MR) is 60.4 cm³/mol. The summed E-state index contributed by atoms with van der Waals surface area (Å²) in [5, 5.41) is 0.577. The average molecular weight is 271 g/mol. The minimum absolute atomic E-state index is 0.0514. The first-order valence-electron chi connectivity index (χ1n) is 4.43. The zero-order valence-corrected chi connectivity index (χ0v) is 10.1. The highest BCUT2D eigenvalue weighted by Gasteiger charge is 2.08. The Morgan fingerprint density at radius 2 is 2.00 bits per heavy atom. The molecule has 0 fully saturated rings. The molecule has 4 heteroatoms. The van der Waals surface area contributed by atoms with Gasteiger partial charge in [0.05, 0.1) is 0 Å². The summed E-state index contributed by atoms with van der Waals surface area (Å²) in [4.78, 5) is 22.0. The SMILES string of the molecule is CC(=O)Oc1cc(C(C)=O)ccc1CBr. The quantitative estimate of drug-likeness (QED) is 0.367. The summed E-state index contributed by atoms with van der Waals surface area (Å²) in [6, 6.07) is 5.07. The molecule has 0 aliphatic heterocycles. The Morgan fingerprint density at radius 3 is 2.47 bits per heavy atom. The number of benzene rings is 1. The molecule has 0 saturated carbocycles. The summed E-state index contributed by atoms with van der Waals surface area (Å²) in [5.41, 5.74) is 1.38. The molecule has 0 heterocycles. The van der Waals surface area contributed by atoms with Crippen LogP contribution in [0.5, 0.6) is 5.75 Å². The van der Waals surface area contributed by atoms with Crippen molar-refractivity contribution < 1.29 is 14.3 Å². The number of carbonyl (C=O) groups excluding carboxylic acids is 2. The second-order valence-corrected chi connectivity index (χ2v) is 3.67. The van der Waals surface area contributed by atoms with E-state index in [0.29, 0.717) is 16.6 Å². The van der Waals surface area contributed by atoms with Crippen LogP contribution in [0.2, 0.25) is 0 Å². The number of rotatable bonds is 3. The molecule has 15 heavy (non-hydrogen) atoms. The third kappa shape index (κ3) is 3.16. The molecular formula is C11H11BrO3. The first kappa shape index (κ1) is 11.9. The number of ether oxygens (including phenoxy) is 1. The van der Waals surface area contributed by atoms with E-state index in [1.165, 1.54) is 13.8 Å².